The van der Waals surface area contributed by atoms with Gasteiger partial charge in [-0.2, -0.15) is 13.2 Å². The van der Waals surface area contributed by atoms with Crippen LogP contribution in [0.3, 0.4) is 0 Å². The van der Waals surface area contributed by atoms with Crippen LogP contribution >= 0.6 is 0 Å². The summed E-state index contributed by atoms with van der Waals surface area (Å²) >= 11 is 0. The van der Waals surface area contributed by atoms with E-state index in [0.29, 0.717) is 6.42 Å². The molecule has 0 aromatic rings. The molecule has 0 saturated heterocycles. The predicted molar refractivity (Wildman–Crippen MR) is 71.9 cm³/mol. The zero-order chi connectivity index (χ0) is 16.6. The lowest BCUT2D eigenvalue weighted by Gasteiger charge is -2.20. The van der Waals surface area contributed by atoms with Crippen LogP contribution in [0.25, 0.3) is 0 Å². The largest absolute Gasteiger partial charge is 0.481 e. The summed E-state index contributed by atoms with van der Waals surface area (Å²) in [6, 6.07) is -1.75. The number of alkyl halides is 3. The number of nitrogens with one attached hydrogen (secondary N) is 2. The number of amides is 2. The fourth-order valence-corrected chi connectivity index (χ4v) is 2.06. The molecule has 0 rings (SSSR count). The molecular weight excluding hydrogens is 289 g/mol. The van der Waals surface area contributed by atoms with Crippen LogP contribution in [-0.4, -0.2) is 35.9 Å². The summed E-state index contributed by atoms with van der Waals surface area (Å²) in [5, 5.41) is 13.4. The van der Waals surface area contributed by atoms with E-state index in [1.54, 1.807) is 0 Å². The average Bonchev–Trinajstić information content (AvgIpc) is 2.21. The van der Waals surface area contributed by atoms with Gasteiger partial charge in [-0.1, -0.05) is 13.8 Å². The summed E-state index contributed by atoms with van der Waals surface area (Å²) in [5.74, 6) is -0.942. The molecule has 2 amide bonds. The second-order valence-electron chi connectivity index (χ2n) is 5.67. The highest BCUT2D eigenvalue weighted by molar-refractivity contribution is 5.74. The molecule has 0 aliphatic rings. The number of aliphatic carboxylic acids is 1. The molecule has 124 valence electrons. The molecule has 0 aromatic heterocycles. The van der Waals surface area contributed by atoms with Crippen LogP contribution < -0.4 is 10.6 Å². The van der Waals surface area contributed by atoms with E-state index in [0.717, 1.165) is 0 Å². The van der Waals surface area contributed by atoms with Crippen molar-refractivity contribution >= 4 is 12.0 Å². The lowest BCUT2D eigenvalue weighted by atomic mass is 9.94. The molecule has 3 N–H and O–H groups in total. The second-order valence-corrected chi connectivity index (χ2v) is 5.67. The Balaban J connectivity index is 4.20. The van der Waals surface area contributed by atoms with Gasteiger partial charge >= 0.3 is 18.2 Å². The van der Waals surface area contributed by atoms with Crippen molar-refractivity contribution in [2.45, 2.75) is 52.3 Å². The first kappa shape index (κ1) is 19.5. The molecule has 2 unspecified atom stereocenters. The van der Waals surface area contributed by atoms with Crippen molar-refractivity contribution in [1.82, 2.24) is 10.6 Å². The number of rotatable bonds is 8. The first-order valence-electron chi connectivity index (χ1n) is 6.82. The lowest BCUT2D eigenvalue weighted by Crippen LogP contribution is -2.44. The van der Waals surface area contributed by atoms with E-state index >= 15 is 0 Å². The summed E-state index contributed by atoms with van der Waals surface area (Å²) in [4.78, 5) is 22.2. The Hall–Kier alpha value is -1.47. The van der Waals surface area contributed by atoms with Crippen molar-refractivity contribution in [3.8, 4) is 0 Å². The number of hydrogen-bond donors (Lipinski definition) is 3. The van der Waals surface area contributed by atoms with Crippen molar-refractivity contribution in [2.75, 3.05) is 6.54 Å². The summed E-state index contributed by atoms with van der Waals surface area (Å²) in [6.45, 7) is 5.24. The maximum atomic E-state index is 12.1. The number of hydrogen-bond acceptors (Lipinski definition) is 2. The monoisotopic (exact) mass is 312 g/mol. The van der Waals surface area contributed by atoms with Crippen molar-refractivity contribution in [3.05, 3.63) is 0 Å². The summed E-state index contributed by atoms with van der Waals surface area (Å²) < 4.78 is 36.4. The fourth-order valence-electron chi connectivity index (χ4n) is 2.06. The van der Waals surface area contributed by atoms with Gasteiger partial charge in [0.25, 0.3) is 0 Å². The molecule has 0 radical (unpaired) electrons. The number of urea groups is 1. The van der Waals surface area contributed by atoms with Crippen LogP contribution in [0.5, 0.6) is 0 Å². The predicted octanol–water partition coefficient (Wildman–Crippen LogP) is 2.76. The number of carbonyl (C=O) groups excluding carboxylic acids is 1. The van der Waals surface area contributed by atoms with E-state index in [-0.39, 0.29) is 24.8 Å². The van der Waals surface area contributed by atoms with Gasteiger partial charge in [0.15, 0.2) is 0 Å². The van der Waals surface area contributed by atoms with E-state index in [2.05, 4.69) is 10.6 Å². The zero-order valence-electron chi connectivity index (χ0n) is 12.5. The molecule has 5 nitrogen and oxygen atoms in total. The van der Waals surface area contributed by atoms with Gasteiger partial charge in [0.2, 0.25) is 0 Å². The molecule has 0 bridgehead atoms. The zero-order valence-corrected chi connectivity index (χ0v) is 12.5. The average molecular weight is 312 g/mol. The van der Waals surface area contributed by atoms with Gasteiger partial charge in [-0.15, -0.1) is 0 Å². The highest BCUT2D eigenvalue weighted by atomic mass is 19.4. The Morgan fingerprint density at radius 2 is 1.76 bits per heavy atom. The minimum atomic E-state index is -4.34. The third kappa shape index (κ3) is 12.0. The van der Waals surface area contributed by atoms with Crippen LogP contribution in [0.1, 0.15) is 40.0 Å². The van der Waals surface area contributed by atoms with Crippen molar-refractivity contribution < 1.29 is 27.9 Å². The Morgan fingerprint density at radius 1 is 1.19 bits per heavy atom. The minimum Gasteiger partial charge on any atom is -0.481 e. The Kier molecular flexibility index (Phi) is 8.12. The van der Waals surface area contributed by atoms with Crippen molar-refractivity contribution in [3.63, 3.8) is 0 Å². The van der Waals surface area contributed by atoms with Gasteiger partial charge < -0.3 is 15.7 Å². The Bertz CT molecular complexity index is 346. The number of carboxylic acids is 1. The maximum Gasteiger partial charge on any atom is 0.391 e. The fraction of sp³-hybridized carbons (Fsp3) is 0.846. The smallest absolute Gasteiger partial charge is 0.391 e. The molecule has 0 aliphatic heterocycles. The topological polar surface area (TPSA) is 78.4 Å². The molecular formula is C13H23F3N2O3. The van der Waals surface area contributed by atoms with Gasteiger partial charge in [0.1, 0.15) is 0 Å². The summed E-state index contributed by atoms with van der Waals surface area (Å²) in [5.41, 5.74) is 0. The van der Waals surface area contributed by atoms with E-state index < -0.39 is 30.6 Å². The summed E-state index contributed by atoms with van der Waals surface area (Å²) in [6.07, 6.45) is -4.91. The standard InChI is InChI=1S/C13H23F3N2O3/c1-8(2)4-10(5-11(19)20)7-17-12(21)18-9(3)6-13(14,15)16/h8-10H,4-7H2,1-3H3,(H,19,20)(H2,17,18,21). The van der Waals surface area contributed by atoms with Crippen LogP contribution in [-0.2, 0) is 4.79 Å². The van der Waals surface area contributed by atoms with E-state index in [1.807, 2.05) is 13.8 Å². The van der Waals surface area contributed by atoms with Crippen LogP contribution in [0, 0.1) is 11.8 Å². The number of halogens is 3. The number of carbonyl (C=O) groups is 2. The lowest BCUT2D eigenvalue weighted by molar-refractivity contribution is -0.139. The van der Waals surface area contributed by atoms with Crippen LogP contribution in [0.15, 0.2) is 0 Å². The number of carboxylic acid groups (broad SMARTS) is 1. The molecule has 8 heteroatoms. The van der Waals surface area contributed by atoms with Crippen LogP contribution in [0.2, 0.25) is 0 Å². The normalized spacial score (nSPS) is 14.6. The Labute approximate surface area is 122 Å². The highest BCUT2D eigenvalue weighted by Gasteiger charge is 2.30. The summed E-state index contributed by atoms with van der Waals surface area (Å²) in [7, 11) is 0. The molecule has 0 spiro atoms. The van der Waals surface area contributed by atoms with E-state index in [1.165, 1.54) is 6.92 Å². The van der Waals surface area contributed by atoms with Gasteiger partial charge in [-0.05, 0) is 25.2 Å². The van der Waals surface area contributed by atoms with Gasteiger partial charge in [-0.3, -0.25) is 4.79 Å². The highest BCUT2D eigenvalue weighted by Crippen LogP contribution is 2.21. The molecule has 0 saturated carbocycles. The van der Waals surface area contributed by atoms with Gasteiger partial charge in [-0.25, -0.2) is 4.79 Å². The second kappa shape index (κ2) is 8.74. The van der Waals surface area contributed by atoms with Gasteiger partial charge in [0, 0.05) is 19.0 Å². The minimum absolute atomic E-state index is 0.0867. The third-order valence-corrected chi connectivity index (χ3v) is 2.73. The van der Waals surface area contributed by atoms with E-state index in [4.69, 9.17) is 5.11 Å². The maximum absolute atomic E-state index is 12.1. The first-order valence-corrected chi connectivity index (χ1v) is 6.82. The molecule has 0 aliphatic carbocycles. The van der Waals surface area contributed by atoms with E-state index in [9.17, 15) is 22.8 Å². The first-order chi connectivity index (χ1) is 9.49. The Morgan fingerprint density at radius 3 is 2.19 bits per heavy atom. The molecule has 0 aromatic carbocycles. The SMILES string of the molecule is CC(C)CC(CNC(=O)NC(C)CC(F)(F)F)CC(=O)O. The quantitative estimate of drug-likeness (QED) is 0.645. The van der Waals surface area contributed by atoms with Gasteiger partial charge in [0.05, 0.1) is 6.42 Å². The van der Waals surface area contributed by atoms with Crippen molar-refractivity contribution in [2.24, 2.45) is 11.8 Å². The third-order valence-electron chi connectivity index (χ3n) is 2.73. The molecule has 0 fully saturated rings. The van der Waals surface area contributed by atoms with Crippen LogP contribution in [0.4, 0.5) is 18.0 Å². The molecule has 21 heavy (non-hydrogen) atoms. The molecule has 0 heterocycles. The molecule has 2 atom stereocenters. The van der Waals surface area contributed by atoms with Crippen molar-refractivity contribution in [1.29, 1.82) is 0 Å².